The van der Waals surface area contributed by atoms with Gasteiger partial charge in [0.1, 0.15) is 11.5 Å². The van der Waals surface area contributed by atoms with Crippen molar-refractivity contribution >= 4 is 23.3 Å². The van der Waals surface area contributed by atoms with Crippen LogP contribution in [0.2, 0.25) is 0 Å². The van der Waals surface area contributed by atoms with Gasteiger partial charge in [0.05, 0.1) is 11.6 Å². The van der Waals surface area contributed by atoms with E-state index in [9.17, 15) is 14.7 Å². The molecule has 4 rings (SSSR count). The lowest BCUT2D eigenvalue weighted by molar-refractivity contribution is -0.132. The van der Waals surface area contributed by atoms with E-state index >= 15 is 0 Å². The van der Waals surface area contributed by atoms with E-state index in [-0.39, 0.29) is 17.2 Å². The molecule has 1 aliphatic heterocycles. The molecule has 1 fully saturated rings. The second-order valence-electron chi connectivity index (χ2n) is 6.93. The largest absolute Gasteiger partial charge is 0.507 e. The topological polar surface area (TPSA) is 83.6 Å². The zero-order valence-corrected chi connectivity index (χ0v) is 16.1. The Morgan fingerprint density at radius 3 is 2.38 bits per heavy atom. The summed E-state index contributed by atoms with van der Waals surface area (Å²) in [7, 11) is 0. The summed E-state index contributed by atoms with van der Waals surface area (Å²) >= 11 is 0. The molecule has 1 amide bonds. The van der Waals surface area contributed by atoms with Crippen LogP contribution in [0, 0.1) is 6.92 Å². The zero-order chi connectivity index (χ0) is 20.5. The van der Waals surface area contributed by atoms with E-state index in [1.54, 1.807) is 37.3 Å². The number of aromatic nitrogens is 1. The van der Waals surface area contributed by atoms with Crippen LogP contribution >= 0.6 is 0 Å². The molecule has 2 heterocycles. The van der Waals surface area contributed by atoms with Gasteiger partial charge in [0.2, 0.25) is 0 Å². The molecule has 0 bridgehead atoms. The van der Waals surface area contributed by atoms with Crippen LogP contribution in [0.1, 0.15) is 35.4 Å². The molecule has 1 saturated heterocycles. The fourth-order valence-electron chi connectivity index (χ4n) is 3.54. The summed E-state index contributed by atoms with van der Waals surface area (Å²) in [5.41, 5.74) is 2.34. The smallest absolute Gasteiger partial charge is 0.301 e. The van der Waals surface area contributed by atoms with Gasteiger partial charge in [-0.15, -0.1) is 0 Å². The van der Waals surface area contributed by atoms with Gasteiger partial charge in [0, 0.05) is 11.6 Å². The van der Waals surface area contributed by atoms with Gasteiger partial charge in [-0.2, -0.15) is 0 Å². The lowest BCUT2D eigenvalue weighted by Crippen LogP contribution is -2.29. The number of rotatable bonds is 4. The van der Waals surface area contributed by atoms with Crippen molar-refractivity contribution in [3.05, 3.63) is 88.7 Å². The van der Waals surface area contributed by atoms with E-state index in [1.807, 2.05) is 30.3 Å². The molecule has 1 aliphatic rings. The van der Waals surface area contributed by atoms with Crippen LogP contribution in [0.25, 0.3) is 5.76 Å². The molecule has 146 valence electrons. The van der Waals surface area contributed by atoms with Crippen LogP contribution in [0.3, 0.4) is 0 Å². The number of hydrogen-bond donors (Lipinski definition) is 1. The quantitative estimate of drug-likeness (QED) is 0.412. The first-order valence-corrected chi connectivity index (χ1v) is 9.39. The van der Waals surface area contributed by atoms with Crippen molar-refractivity contribution in [2.24, 2.45) is 0 Å². The number of aliphatic hydroxyl groups is 1. The molecule has 6 nitrogen and oxygen atoms in total. The summed E-state index contributed by atoms with van der Waals surface area (Å²) in [4.78, 5) is 27.2. The number of anilines is 1. The van der Waals surface area contributed by atoms with E-state index in [1.165, 1.54) is 4.90 Å². The highest BCUT2D eigenvalue weighted by atomic mass is 16.5. The average Bonchev–Trinajstić information content (AvgIpc) is 3.29. The number of Topliss-reactive ketones (excluding diaryl/α,β-unsaturated/α-hetero) is 1. The van der Waals surface area contributed by atoms with Crippen molar-refractivity contribution in [3.8, 4) is 0 Å². The van der Waals surface area contributed by atoms with Crippen molar-refractivity contribution in [2.45, 2.75) is 26.3 Å². The van der Waals surface area contributed by atoms with Crippen LogP contribution in [-0.2, 0) is 16.0 Å². The fourth-order valence-corrected chi connectivity index (χ4v) is 3.54. The standard InChI is InChI=1S/C23H20N2O4/c1-3-15-9-11-16(12-10-15)20-19(21(26)17-7-5-4-6-8-17)22(27)23(28)25(20)18-13-14(2)29-24-18/h4-13,20,26H,3H2,1-2H3/b21-19-. The van der Waals surface area contributed by atoms with Crippen molar-refractivity contribution in [1.29, 1.82) is 0 Å². The molecule has 0 aliphatic carbocycles. The second-order valence-corrected chi connectivity index (χ2v) is 6.93. The van der Waals surface area contributed by atoms with Gasteiger partial charge in [0.25, 0.3) is 5.78 Å². The monoisotopic (exact) mass is 388 g/mol. The van der Waals surface area contributed by atoms with Gasteiger partial charge < -0.3 is 9.63 Å². The van der Waals surface area contributed by atoms with Gasteiger partial charge in [0.15, 0.2) is 5.82 Å². The van der Waals surface area contributed by atoms with Crippen LogP contribution in [0.5, 0.6) is 0 Å². The highest BCUT2D eigenvalue weighted by Crippen LogP contribution is 2.41. The maximum Gasteiger partial charge on any atom is 0.301 e. The lowest BCUT2D eigenvalue weighted by atomic mass is 9.94. The van der Waals surface area contributed by atoms with E-state index in [4.69, 9.17) is 4.52 Å². The van der Waals surface area contributed by atoms with E-state index < -0.39 is 17.7 Å². The minimum absolute atomic E-state index is 0.0334. The molecule has 3 aromatic rings. The number of nitrogens with zero attached hydrogens (tertiary/aromatic N) is 2. The number of aryl methyl sites for hydroxylation is 2. The van der Waals surface area contributed by atoms with Gasteiger partial charge in [-0.05, 0) is 24.5 Å². The van der Waals surface area contributed by atoms with Crippen LogP contribution in [-0.4, -0.2) is 22.0 Å². The minimum Gasteiger partial charge on any atom is -0.507 e. The predicted octanol–water partition coefficient (Wildman–Crippen LogP) is 4.17. The van der Waals surface area contributed by atoms with Crippen molar-refractivity contribution in [3.63, 3.8) is 0 Å². The summed E-state index contributed by atoms with van der Waals surface area (Å²) < 4.78 is 5.13. The van der Waals surface area contributed by atoms with Gasteiger partial charge >= 0.3 is 5.91 Å². The summed E-state index contributed by atoms with van der Waals surface area (Å²) in [6.45, 7) is 3.76. The number of carbonyl (C=O) groups excluding carboxylic acids is 2. The molecule has 2 aromatic carbocycles. The number of ketones is 1. The second kappa shape index (κ2) is 7.39. The Balaban J connectivity index is 1.92. The van der Waals surface area contributed by atoms with E-state index in [0.717, 1.165) is 12.0 Å². The maximum absolute atomic E-state index is 12.9. The highest BCUT2D eigenvalue weighted by Gasteiger charge is 2.48. The number of amides is 1. The third-order valence-corrected chi connectivity index (χ3v) is 5.06. The van der Waals surface area contributed by atoms with Gasteiger partial charge in [-0.3, -0.25) is 14.5 Å². The van der Waals surface area contributed by atoms with E-state index in [0.29, 0.717) is 16.9 Å². The van der Waals surface area contributed by atoms with Gasteiger partial charge in [-0.1, -0.05) is 66.7 Å². The molecular weight excluding hydrogens is 368 g/mol. The maximum atomic E-state index is 12.9. The molecule has 1 unspecified atom stereocenters. The number of benzene rings is 2. The number of hydrogen-bond acceptors (Lipinski definition) is 5. The summed E-state index contributed by atoms with van der Waals surface area (Å²) in [5.74, 6) is -0.959. The van der Waals surface area contributed by atoms with Crippen LogP contribution < -0.4 is 4.90 Å². The normalized spacial score (nSPS) is 18.4. The van der Waals surface area contributed by atoms with Crippen LogP contribution in [0.15, 0.2) is 70.8 Å². The average molecular weight is 388 g/mol. The SMILES string of the molecule is CCc1ccc(C2/C(=C(/O)c3ccccc3)C(=O)C(=O)N2c2cc(C)on2)cc1. The molecule has 0 spiro atoms. The Hall–Kier alpha value is -3.67. The first kappa shape index (κ1) is 18.7. The Morgan fingerprint density at radius 2 is 1.79 bits per heavy atom. The Bertz CT molecular complexity index is 1100. The fraction of sp³-hybridized carbons (Fsp3) is 0.174. The number of carbonyl (C=O) groups is 2. The molecule has 29 heavy (non-hydrogen) atoms. The molecular formula is C23H20N2O4. The Kier molecular flexibility index (Phi) is 4.76. The van der Waals surface area contributed by atoms with E-state index in [2.05, 4.69) is 12.1 Å². The first-order valence-electron chi connectivity index (χ1n) is 9.39. The summed E-state index contributed by atoms with van der Waals surface area (Å²) in [6.07, 6.45) is 0.868. The summed E-state index contributed by atoms with van der Waals surface area (Å²) in [6, 6.07) is 17.2. The zero-order valence-electron chi connectivity index (χ0n) is 16.1. The Morgan fingerprint density at radius 1 is 1.10 bits per heavy atom. The Labute approximate surface area is 168 Å². The molecule has 1 N–H and O–H groups in total. The van der Waals surface area contributed by atoms with Gasteiger partial charge in [-0.25, -0.2) is 0 Å². The molecule has 1 aromatic heterocycles. The third kappa shape index (κ3) is 3.23. The minimum atomic E-state index is -0.800. The third-order valence-electron chi connectivity index (χ3n) is 5.06. The molecule has 1 atom stereocenters. The molecule has 6 heteroatoms. The van der Waals surface area contributed by atoms with Crippen LogP contribution in [0.4, 0.5) is 5.82 Å². The molecule has 0 saturated carbocycles. The predicted molar refractivity (Wildman–Crippen MR) is 108 cm³/mol. The van der Waals surface area contributed by atoms with Crippen molar-refractivity contribution in [1.82, 2.24) is 5.16 Å². The summed E-state index contributed by atoms with van der Waals surface area (Å²) in [5, 5.41) is 14.9. The van der Waals surface area contributed by atoms with Crippen molar-refractivity contribution in [2.75, 3.05) is 4.90 Å². The number of aliphatic hydroxyl groups excluding tert-OH is 1. The highest BCUT2D eigenvalue weighted by molar-refractivity contribution is 6.51. The first-order chi connectivity index (χ1) is 14.0. The molecule has 0 radical (unpaired) electrons. The van der Waals surface area contributed by atoms with Crippen molar-refractivity contribution < 1.29 is 19.2 Å². The lowest BCUT2D eigenvalue weighted by Gasteiger charge is -2.23.